The molecule has 5 heteroatoms. The predicted octanol–water partition coefficient (Wildman–Crippen LogP) is -0.507. The standard InChI is InChI=1S/C10H11NO4/c12-5-3-11-4-6-15-10(14)2-1-8(13)7-9(10)11/h1-2,4,6-7,12,14H,3,5H2. The van der Waals surface area contributed by atoms with Gasteiger partial charge in [-0.25, -0.2) is 0 Å². The van der Waals surface area contributed by atoms with E-state index in [1.54, 1.807) is 11.1 Å². The molecule has 2 N–H and O–H groups in total. The van der Waals surface area contributed by atoms with Gasteiger partial charge in [0.15, 0.2) is 5.78 Å². The fourth-order valence-electron chi connectivity index (χ4n) is 1.55. The molecule has 1 atom stereocenters. The van der Waals surface area contributed by atoms with Gasteiger partial charge >= 0.3 is 0 Å². The Labute approximate surface area is 86.6 Å². The van der Waals surface area contributed by atoms with Gasteiger partial charge in [-0.3, -0.25) is 4.79 Å². The zero-order valence-corrected chi connectivity index (χ0v) is 7.96. The van der Waals surface area contributed by atoms with Crippen LogP contribution in [0.4, 0.5) is 0 Å². The second-order valence-electron chi connectivity index (χ2n) is 3.28. The van der Waals surface area contributed by atoms with Gasteiger partial charge in [-0.1, -0.05) is 0 Å². The van der Waals surface area contributed by atoms with Crippen LogP contribution in [0.3, 0.4) is 0 Å². The summed E-state index contributed by atoms with van der Waals surface area (Å²) in [6.45, 7) is 0.227. The van der Waals surface area contributed by atoms with Crippen molar-refractivity contribution in [2.45, 2.75) is 5.79 Å². The molecule has 15 heavy (non-hydrogen) atoms. The van der Waals surface area contributed by atoms with Crippen molar-refractivity contribution >= 4 is 5.78 Å². The fraction of sp³-hybridized carbons (Fsp3) is 0.300. The van der Waals surface area contributed by atoms with E-state index in [0.717, 1.165) is 0 Å². The Morgan fingerprint density at radius 2 is 2.33 bits per heavy atom. The van der Waals surface area contributed by atoms with E-state index in [4.69, 9.17) is 9.84 Å². The molecule has 2 rings (SSSR count). The van der Waals surface area contributed by atoms with E-state index in [-0.39, 0.29) is 12.4 Å². The molecule has 0 amide bonds. The number of ether oxygens (including phenoxy) is 1. The number of aliphatic hydroxyl groups excluding tert-OH is 1. The number of hydrogen-bond acceptors (Lipinski definition) is 5. The van der Waals surface area contributed by atoms with Gasteiger partial charge in [-0.05, 0) is 12.2 Å². The van der Waals surface area contributed by atoms with Crippen molar-refractivity contribution in [2.24, 2.45) is 0 Å². The molecule has 0 saturated heterocycles. The van der Waals surface area contributed by atoms with Crippen molar-refractivity contribution in [3.8, 4) is 0 Å². The average molecular weight is 209 g/mol. The zero-order valence-electron chi connectivity index (χ0n) is 7.96. The Kier molecular flexibility index (Phi) is 2.34. The van der Waals surface area contributed by atoms with E-state index in [2.05, 4.69) is 0 Å². The Morgan fingerprint density at radius 3 is 3.07 bits per heavy atom. The summed E-state index contributed by atoms with van der Waals surface area (Å²) in [5.74, 6) is -1.80. The number of allylic oxidation sites excluding steroid dienone is 2. The highest BCUT2D eigenvalue weighted by Crippen LogP contribution is 2.30. The first-order valence-electron chi connectivity index (χ1n) is 4.55. The maximum absolute atomic E-state index is 11.2. The Balaban J connectivity index is 2.35. The first kappa shape index (κ1) is 9.95. The first-order chi connectivity index (χ1) is 7.15. The summed E-state index contributed by atoms with van der Waals surface area (Å²) in [6.07, 6.45) is 6.72. The molecular formula is C10H11NO4. The minimum Gasteiger partial charge on any atom is -0.459 e. The molecule has 80 valence electrons. The maximum atomic E-state index is 11.2. The smallest absolute Gasteiger partial charge is 0.269 e. The van der Waals surface area contributed by atoms with Gasteiger partial charge < -0.3 is 19.8 Å². The third-order valence-electron chi connectivity index (χ3n) is 2.26. The molecule has 0 spiro atoms. The molecule has 0 aromatic rings. The largest absolute Gasteiger partial charge is 0.459 e. The lowest BCUT2D eigenvalue weighted by Crippen LogP contribution is -2.44. The minimum absolute atomic E-state index is 0.0737. The van der Waals surface area contributed by atoms with Crippen LogP contribution in [0.25, 0.3) is 0 Å². The lowest BCUT2D eigenvalue weighted by Gasteiger charge is -2.37. The molecule has 0 radical (unpaired) electrons. The van der Waals surface area contributed by atoms with Crippen LogP contribution in [0.2, 0.25) is 0 Å². The topological polar surface area (TPSA) is 70.0 Å². The molecule has 0 aromatic carbocycles. The SMILES string of the molecule is O=C1C=CC2(O)OC=CN(CCO)C2=C1. The van der Waals surface area contributed by atoms with E-state index in [9.17, 15) is 9.90 Å². The van der Waals surface area contributed by atoms with Crippen LogP contribution in [0.15, 0.2) is 36.4 Å². The number of fused-ring (bicyclic) bond motifs is 1. The molecule has 2 aliphatic rings. The summed E-state index contributed by atoms with van der Waals surface area (Å²) in [7, 11) is 0. The first-order valence-corrected chi connectivity index (χ1v) is 4.55. The number of carbonyl (C=O) groups is 1. The molecule has 0 fully saturated rings. The highest BCUT2D eigenvalue weighted by Gasteiger charge is 2.38. The molecule has 5 nitrogen and oxygen atoms in total. The number of ketones is 1. The third-order valence-corrected chi connectivity index (χ3v) is 2.26. The molecule has 1 heterocycles. The fourth-order valence-corrected chi connectivity index (χ4v) is 1.55. The lowest BCUT2D eigenvalue weighted by atomic mass is 10.0. The minimum atomic E-state index is -1.59. The molecule has 0 aromatic heterocycles. The van der Waals surface area contributed by atoms with Gasteiger partial charge in [0.25, 0.3) is 5.79 Å². The summed E-state index contributed by atoms with van der Waals surface area (Å²) in [5.41, 5.74) is 0.326. The van der Waals surface area contributed by atoms with Crippen LogP contribution < -0.4 is 0 Å². The maximum Gasteiger partial charge on any atom is 0.269 e. The van der Waals surface area contributed by atoms with Crippen LogP contribution in [0.1, 0.15) is 0 Å². The second-order valence-corrected chi connectivity index (χ2v) is 3.28. The van der Waals surface area contributed by atoms with Gasteiger partial charge in [0.2, 0.25) is 0 Å². The van der Waals surface area contributed by atoms with Gasteiger partial charge in [-0.15, -0.1) is 0 Å². The van der Waals surface area contributed by atoms with Crippen molar-refractivity contribution in [3.63, 3.8) is 0 Å². The number of β-amino-alcohol motifs (C(OH)–C–C–N with tert-alkyl or cyclic N) is 1. The van der Waals surface area contributed by atoms with Gasteiger partial charge in [0.1, 0.15) is 6.26 Å². The summed E-state index contributed by atoms with van der Waals surface area (Å²) in [5, 5.41) is 18.8. The zero-order chi connectivity index (χ0) is 10.9. The molecule has 0 bridgehead atoms. The van der Waals surface area contributed by atoms with Crippen molar-refractivity contribution < 1.29 is 19.7 Å². The number of nitrogens with zero attached hydrogens (tertiary/aromatic N) is 1. The van der Waals surface area contributed by atoms with E-state index in [1.807, 2.05) is 0 Å². The number of hydrogen-bond donors (Lipinski definition) is 2. The summed E-state index contributed by atoms with van der Waals surface area (Å²) < 4.78 is 5.04. The van der Waals surface area contributed by atoms with E-state index in [1.165, 1.54) is 24.5 Å². The average Bonchev–Trinajstić information content (AvgIpc) is 2.21. The van der Waals surface area contributed by atoms with Crippen molar-refractivity contribution in [3.05, 3.63) is 36.4 Å². The number of rotatable bonds is 2. The van der Waals surface area contributed by atoms with Crippen molar-refractivity contribution in [1.29, 1.82) is 0 Å². The second kappa shape index (κ2) is 3.52. The highest BCUT2D eigenvalue weighted by molar-refractivity contribution is 6.01. The molecule has 1 aliphatic heterocycles. The highest BCUT2D eigenvalue weighted by atomic mass is 16.6. The third kappa shape index (κ3) is 1.67. The normalized spacial score (nSPS) is 28.5. The van der Waals surface area contributed by atoms with E-state index in [0.29, 0.717) is 12.2 Å². The quantitative estimate of drug-likeness (QED) is 0.641. The van der Waals surface area contributed by atoms with Crippen molar-refractivity contribution in [1.82, 2.24) is 4.90 Å². The van der Waals surface area contributed by atoms with Crippen LogP contribution in [-0.4, -0.2) is 39.8 Å². The van der Waals surface area contributed by atoms with E-state index >= 15 is 0 Å². The van der Waals surface area contributed by atoms with E-state index < -0.39 is 5.79 Å². The lowest BCUT2D eigenvalue weighted by molar-refractivity contribution is -0.126. The van der Waals surface area contributed by atoms with Crippen LogP contribution in [0, 0.1) is 0 Å². The number of carbonyl (C=O) groups excluding carboxylic acids is 1. The Hall–Kier alpha value is -1.59. The van der Waals surface area contributed by atoms with Gasteiger partial charge in [0.05, 0.1) is 12.3 Å². The molecular weight excluding hydrogens is 198 g/mol. The monoisotopic (exact) mass is 209 g/mol. The summed E-state index contributed by atoms with van der Waals surface area (Å²) in [6, 6.07) is 0. The summed E-state index contributed by atoms with van der Waals surface area (Å²) >= 11 is 0. The Morgan fingerprint density at radius 1 is 1.53 bits per heavy atom. The molecule has 1 unspecified atom stereocenters. The Bertz CT molecular complexity index is 372. The predicted molar refractivity (Wildman–Crippen MR) is 51.2 cm³/mol. The van der Waals surface area contributed by atoms with Crippen molar-refractivity contribution in [2.75, 3.05) is 13.2 Å². The summed E-state index contributed by atoms with van der Waals surface area (Å²) in [4.78, 5) is 12.7. The van der Waals surface area contributed by atoms with Gasteiger partial charge in [0, 0.05) is 18.8 Å². The molecule has 1 aliphatic carbocycles. The van der Waals surface area contributed by atoms with Crippen LogP contribution in [0.5, 0.6) is 0 Å². The van der Waals surface area contributed by atoms with Gasteiger partial charge in [-0.2, -0.15) is 0 Å². The van der Waals surface area contributed by atoms with Crippen LogP contribution >= 0.6 is 0 Å². The number of aliphatic hydroxyl groups is 2. The molecule has 0 saturated carbocycles. The van der Waals surface area contributed by atoms with Crippen LogP contribution in [-0.2, 0) is 9.53 Å².